The molecule has 0 spiro atoms. The van der Waals surface area contributed by atoms with E-state index in [0.29, 0.717) is 11.3 Å². The number of hydrogen-bond donors (Lipinski definition) is 2. The average molecular weight is 385 g/mol. The Labute approximate surface area is 157 Å². The SMILES string of the molecule is CC(NC(=O)c1cccc(NS(C)(=O)=O)c1)c1ccc(-n2cncn2)cc1. The predicted molar refractivity (Wildman–Crippen MR) is 102 cm³/mol. The third kappa shape index (κ3) is 4.91. The lowest BCUT2D eigenvalue weighted by molar-refractivity contribution is 0.0940. The van der Waals surface area contributed by atoms with E-state index in [1.54, 1.807) is 29.2 Å². The van der Waals surface area contributed by atoms with Gasteiger partial charge in [-0.05, 0) is 42.8 Å². The van der Waals surface area contributed by atoms with Gasteiger partial charge in [0, 0.05) is 11.3 Å². The van der Waals surface area contributed by atoms with E-state index < -0.39 is 10.0 Å². The number of rotatable bonds is 6. The molecular formula is C18H19N5O3S. The third-order valence-electron chi connectivity index (χ3n) is 3.85. The van der Waals surface area contributed by atoms with Crippen LogP contribution in [0, 0.1) is 0 Å². The number of sulfonamides is 1. The number of nitrogens with zero attached hydrogens (tertiary/aromatic N) is 3. The molecule has 8 nitrogen and oxygen atoms in total. The maximum atomic E-state index is 12.5. The molecule has 0 aliphatic carbocycles. The van der Waals surface area contributed by atoms with E-state index in [2.05, 4.69) is 20.1 Å². The van der Waals surface area contributed by atoms with Gasteiger partial charge in [0.2, 0.25) is 10.0 Å². The summed E-state index contributed by atoms with van der Waals surface area (Å²) in [4.78, 5) is 16.4. The fourth-order valence-corrected chi connectivity index (χ4v) is 3.11. The van der Waals surface area contributed by atoms with Crippen LogP contribution in [0.2, 0.25) is 0 Å². The van der Waals surface area contributed by atoms with Crippen LogP contribution in [0.15, 0.2) is 61.2 Å². The first-order chi connectivity index (χ1) is 12.8. The molecule has 2 N–H and O–H groups in total. The Balaban J connectivity index is 1.69. The summed E-state index contributed by atoms with van der Waals surface area (Å²) >= 11 is 0. The van der Waals surface area contributed by atoms with Gasteiger partial charge in [0.05, 0.1) is 18.0 Å². The Morgan fingerprint density at radius 3 is 2.52 bits per heavy atom. The second-order valence-electron chi connectivity index (χ2n) is 6.08. The highest BCUT2D eigenvalue weighted by molar-refractivity contribution is 7.92. The van der Waals surface area contributed by atoms with Crippen LogP contribution in [-0.2, 0) is 10.0 Å². The van der Waals surface area contributed by atoms with Crippen molar-refractivity contribution in [2.24, 2.45) is 0 Å². The van der Waals surface area contributed by atoms with Crippen LogP contribution < -0.4 is 10.0 Å². The minimum Gasteiger partial charge on any atom is -0.346 e. The molecule has 1 heterocycles. The van der Waals surface area contributed by atoms with Gasteiger partial charge in [-0.2, -0.15) is 5.10 Å². The molecule has 0 radical (unpaired) electrons. The van der Waals surface area contributed by atoms with Gasteiger partial charge in [-0.25, -0.2) is 18.1 Å². The zero-order valence-electron chi connectivity index (χ0n) is 14.8. The number of carbonyl (C=O) groups is 1. The summed E-state index contributed by atoms with van der Waals surface area (Å²) in [6.07, 6.45) is 4.13. The molecule has 0 aliphatic rings. The van der Waals surface area contributed by atoms with Crippen LogP contribution >= 0.6 is 0 Å². The maximum Gasteiger partial charge on any atom is 0.251 e. The van der Waals surface area contributed by atoms with Gasteiger partial charge < -0.3 is 5.32 Å². The lowest BCUT2D eigenvalue weighted by Crippen LogP contribution is -2.26. The van der Waals surface area contributed by atoms with Gasteiger partial charge in [-0.1, -0.05) is 18.2 Å². The Hall–Kier alpha value is -3.20. The summed E-state index contributed by atoms with van der Waals surface area (Å²) in [7, 11) is -3.40. The Morgan fingerprint density at radius 2 is 1.89 bits per heavy atom. The molecule has 0 aliphatic heterocycles. The normalized spacial score (nSPS) is 12.4. The predicted octanol–water partition coefficient (Wildman–Crippen LogP) is 2.13. The Kier molecular flexibility index (Phi) is 5.22. The van der Waals surface area contributed by atoms with E-state index in [-0.39, 0.29) is 11.9 Å². The van der Waals surface area contributed by atoms with Crippen molar-refractivity contribution in [1.29, 1.82) is 0 Å². The molecular weight excluding hydrogens is 366 g/mol. The first-order valence-electron chi connectivity index (χ1n) is 8.15. The van der Waals surface area contributed by atoms with Gasteiger partial charge >= 0.3 is 0 Å². The molecule has 0 bridgehead atoms. The molecule has 2 aromatic carbocycles. The van der Waals surface area contributed by atoms with Crippen molar-refractivity contribution >= 4 is 21.6 Å². The van der Waals surface area contributed by atoms with Gasteiger partial charge in [-0.3, -0.25) is 9.52 Å². The summed E-state index contributed by atoms with van der Waals surface area (Å²) in [6.45, 7) is 1.88. The maximum absolute atomic E-state index is 12.5. The number of carbonyl (C=O) groups excluding carboxylic acids is 1. The minimum atomic E-state index is -3.40. The Morgan fingerprint density at radius 1 is 1.15 bits per heavy atom. The lowest BCUT2D eigenvalue weighted by Gasteiger charge is -2.15. The minimum absolute atomic E-state index is 0.228. The molecule has 9 heteroatoms. The van der Waals surface area contributed by atoms with E-state index >= 15 is 0 Å². The molecule has 1 aromatic heterocycles. The second kappa shape index (κ2) is 7.58. The molecule has 27 heavy (non-hydrogen) atoms. The highest BCUT2D eigenvalue weighted by atomic mass is 32.2. The van der Waals surface area contributed by atoms with Crippen molar-refractivity contribution in [3.05, 3.63) is 72.3 Å². The number of benzene rings is 2. The summed E-state index contributed by atoms with van der Waals surface area (Å²) in [5.41, 5.74) is 2.51. The molecule has 1 amide bonds. The molecule has 140 valence electrons. The zero-order chi connectivity index (χ0) is 19.4. The van der Waals surface area contributed by atoms with Crippen LogP contribution in [-0.4, -0.2) is 35.3 Å². The molecule has 0 fully saturated rings. The molecule has 3 aromatic rings. The van der Waals surface area contributed by atoms with E-state index in [9.17, 15) is 13.2 Å². The molecule has 1 atom stereocenters. The quantitative estimate of drug-likeness (QED) is 0.676. The van der Waals surface area contributed by atoms with E-state index in [4.69, 9.17) is 0 Å². The van der Waals surface area contributed by atoms with E-state index in [1.807, 2.05) is 31.2 Å². The van der Waals surface area contributed by atoms with E-state index in [1.165, 1.54) is 12.4 Å². The summed E-state index contributed by atoms with van der Waals surface area (Å²) in [6, 6.07) is 13.7. The molecule has 0 saturated heterocycles. The van der Waals surface area contributed by atoms with Gasteiger partial charge in [0.25, 0.3) is 5.91 Å². The number of amides is 1. The highest BCUT2D eigenvalue weighted by Crippen LogP contribution is 2.17. The number of nitrogens with one attached hydrogen (secondary N) is 2. The second-order valence-corrected chi connectivity index (χ2v) is 7.83. The van der Waals surface area contributed by atoms with Gasteiger partial charge in [0.1, 0.15) is 12.7 Å². The standard InChI is InChI=1S/C18H19N5O3S/c1-13(14-6-8-17(9-7-14)23-12-19-11-20-23)21-18(24)15-4-3-5-16(10-15)22-27(2,25)26/h3-13,22H,1-2H3,(H,21,24). The van der Waals surface area contributed by atoms with Crippen LogP contribution in [0.25, 0.3) is 5.69 Å². The average Bonchev–Trinajstić information content (AvgIpc) is 3.15. The van der Waals surface area contributed by atoms with Gasteiger partial charge in [-0.15, -0.1) is 0 Å². The van der Waals surface area contributed by atoms with Crippen LogP contribution in [0.1, 0.15) is 28.9 Å². The largest absolute Gasteiger partial charge is 0.346 e. The topological polar surface area (TPSA) is 106 Å². The van der Waals surface area contributed by atoms with Crippen molar-refractivity contribution in [3.63, 3.8) is 0 Å². The fraction of sp³-hybridized carbons (Fsp3) is 0.167. The van der Waals surface area contributed by atoms with Crippen molar-refractivity contribution in [1.82, 2.24) is 20.1 Å². The third-order valence-corrected chi connectivity index (χ3v) is 4.46. The van der Waals surface area contributed by atoms with Crippen LogP contribution in [0.5, 0.6) is 0 Å². The fourth-order valence-electron chi connectivity index (χ4n) is 2.56. The van der Waals surface area contributed by atoms with Crippen LogP contribution in [0.3, 0.4) is 0 Å². The first kappa shape index (κ1) is 18.6. The van der Waals surface area contributed by atoms with Gasteiger partial charge in [0.15, 0.2) is 0 Å². The van der Waals surface area contributed by atoms with Crippen LogP contribution in [0.4, 0.5) is 5.69 Å². The van der Waals surface area contributed by atoms with Crippen molar-refractivity contribution in [2.45, 2.75) is 13.0 Å². The smallest absolute Gasteiger partial charge is 0.251 e. The number of anilines is 1. The monoisotopic (exact) mass is 385 g/mol. The Bertz CT molecular complexity index is 1030. The lowest BCUT2D eigenvalue weighted by atomic mass is 10.1. The zero-order valence-corrected chi connectivity index (χ0v) is 15.6. The van der Waals surface area contributed by atoms with E-state index in [0.717, 1.165) is 17.5 Å². The first-order valence-corrected chi connectivity index (χ1v) is 10.0. The van der Waals surface area contributed by atoms with Crippen molar-refractivity contribution in [3.8, 4) is 5.69 Å². The van der Waals surface area contributed by atoms with Crippen molar-refractivity contribution < 1.29 is 13.2 Å². The molecule has 0 saturated carbocycles. The number of hydrogen-bond acceptors (Lipinski definition) is 5. The number of aromatic nitrogens is 3. The highest BCUT2D eigenvalue weighted by Gasteiger charge is 2.13. The summed E-state index contributed by atoms with van der Waals surface area (Å²) < 4.78 is 26.7. The summed E-state index contributed by atoms with van der Waals surface area (Å²) in [5.74, 6) is -0.292. The van der Waals surface area contributed by atoms with Crippen molar-refractivity contribution in [2.75, 3.05) is 11.0 Å². The molecule has 3 rings (SSSR count). The summed E-state index contributed by atoms with van der Waals surface area (Å²) in [5, 5.41) is 6.98. The molecule has 1 unspecified atom stereocenters.